The maximum Gasteiger partial charge on any atom is 0.416 e. The van der Waals surface area contributed by atoms with Crippen molar-refractivity contribution in [2.75, 3.05) is 0 Å². The Morgan fingerprint density at radius 2 is 1.64 bits per heavy atom. The van der Waals surface area contributed by atoms with Gasteiger partial charge in [-0.15, -0.1) is 11.3 Å². The molecule has 0 aliphatic heterocycles. The molecule has 2 rings (SSSR count). The van der Waals surface area contributed by atoms with Crippen LogP contribution in [0.3, 0.4) is 0 Å². The normalized spacial score (nSPS) is 13.2. The molecule has 0 saturated carbocycles. The minimum atomic E-state index is -4.92. The molecular formula is C13H11F6N5S. The maximum absolute atomic E-state index is 12.9. The number of hydrazone groups is 1. The van der Waals surface area contributed by atoms with Crippen LogP contribution in [0.2, 0.25) is 0 Å². The number of alkyl halides is 6. The van der Waals surface area contributed by atoms with Gasteiger partial charge in [0, 0.05) is 10.9 Å². The van der Waals surface area contributed by atoms with Crippen molar-refractivity contribution in [1.29, 1.82) is 0 Å². The van der Waals surface area contributed by atoms with E-state index in [1.54, 1.807) is 0 Å². The predicted molar refractivity (Wildman–Crippen MR) is 80.2 cm³/mol. The third-order valence-corrected chi connectivity index (χ3v) is 3.90. The van der Waals surface area contributed by atoms with Crippen molar-refractivity contribution in [3.8, 4) is 10.6 Å². The summed E-state index contributed by atoms with van der Waals surface area (Å²) in [5, 5.41) is 4.94. The Balaban J connectivity index is 2.45. The molecule has 0 atom stereocenters. The molecule has 0 fully saturated rings. The SMILES string of the molecule is NN/N=C(\N)Cc1csc(-c2cc(C(F)(F)F)cc(C(F)(F)F)c2)n1. The first-order valence-corrected chi connectivity index (χ1v) is 7.40. The van der Waals surface area contributed by atoms with E-state index in [2.05, 4.69) is 10.1 Å². The van der Waals surface area contributed by atoms with Gasteiger partial charge in [0.25, 0.3) is 0 Å². The summed E-state index contributed by atoms with van der Waals surface area (Å²) in [5.74, 6) is 5.00. The minimum Gasteiger partial charge on any atom is -0.385 e. The highest BCUT2D eigenvalue weighted by Crippen LogP contribution is 2.39. The molecular weight excluding hydrogens is 372 g/mol. The maximum atomic E-state index is 12.9. The topological polar surface area (TPSA) is 89.3 Å². The second kappa shape index (κ2) is 6.88. The molecule has 0 spiro atoms. The molecule has 2 aromatic rings. The van der Waals surface area contributed by atoms with Crippen LogP contribution >= 0.6 is 11.3 Å². The van der Waals surface area contributed by atoms with E-state index in [0.29, 0.717) is 17.8 Å². The number of rotatable bonds is 4. The van der Waals surface area contributed by atoms with Crippen molar-refractivity contribution in [3.63, 3.8) is 0 Å². The molecule has 0 bridgehead atoms. The van der Waals surface area contributed by atoms with E-state index < -0.39 is 23.5 Å². The van der Waals surface area contributed by atoms with Crippen LogP contribution in [-0.2, 0) is 18.8 Å². The molecule has 0 radical (unpaired) electrons. The van der Waals surface area contributed by atoms with E-state index in [0.717, 1.165) is 11.3 Å². The van der Waals surface area contributed by atoms with Crippen molar-refractivity contribution >= 4 is 17.2 Å². The van der Waals surface area contributed by atoms with Crippen molar-refractivity contribution in [1.82, 2.24) is 10.5 Å². The average Bonchev–Trinajstić information content (AvgIpc) is 2.93. The number of thiazole rings is 1. The number of hydrazine groups is 1. The summed E-state index contributed by atoms with van der Waals surface area (Å²) in [7, 11) is 0. The molecule has 0 amide bonds. The third-order valence-electron chi connectivity index (χ3n) is 2.96. The fourth-order valence-corrected chi connectivity index (χ4v) is 2.71. The van der Waals surface area contributed by atoms with Gasteiger partial charge in [-0.3, -0.25) is 0 Å². The van der Waals surface area contributed by atoms with Crippen LogP contribution in [0.15, 0.2) is 28.7 Å². The molecule has 0 saturated heterocycles. The van der Waals surface area contributed by atoms with Gasteiger partial charge in [-0.25, -0.2) is 16.4 Å². The summed E-state index contributed by atoms with van der Waals surface area (Å²) in [4.78, 5) is 4.00. The number of nitrogens with two attached hydrogens (primary N) is 2. The van der Waals surface area contributed by atoms with Gasteiger partial charge in [0.15, 0.2) is 0 Å². The highest BCUT2D eigenvalue weighted by Gasteiger charge is 2.37. The molecule has 5 nitrogen and oxygen atoms in total. The first-order chi connectivity index (χ1) is 11.5. The molecule has 0 aliphatic rings. The highest BCUT2D eigenvalue weighted by molar-refractivity contribution is 7.13. The van der Waals surface area contributed by atoms with Crippen LogP contribution in [0.1, 0.15) is 16.8 Å². The second-order valence-electron chi connectivity index (χ2n) is 4.85. The number of benzene rings is 1. The Labute approximate surface area is 141 Å². The van der Waals surface area contributed by atoms with Crippen LogP contribution in [0.5, 0.6) is 0 Å². The zero-order valence-corrected chi connectivity index (χ0v) is 13.1. The largest absolute Gasteiger partial charge is 0.416 e. The average molecular weight is 383 g/mol. The summed E-state index contributed by atoms with van der Waals surface area (Å²) in [6, 6.07) is 1.31. The van der Waals surface area contributed by atoms with Crippen molar-refractivity contribution in [3.05, 3.63) is 40.4 Å². The van der Waals surface area contributed by atoms with Crippen molar-refractivity contribution < 1.29 is 26.3 Å². The number of hydrogen-bond donors (Lipinski definition) is 3. The number of nitrogens with one attached hydrogen (secondary N) is 1. The molecule has 1 aromatic carbocycles. The van der Waals surface area contributed by atoms with E-state index in [4.69, 9.17) is 11.6 Å². The Bertz CT molecular complexity index is 748. The van der Waals surface area contributed by atoms with Gasteiger partial charge >= 0.3 is 12.4 Å². The molecule has 0 aliphatic carbocycles. The fraction of sp³-hybridized carbons (Fsp3) is 0.231. The fourth-order valence-electron chi connectivity index (χ4n) is 1.91. The molecule has 136 valence electrons. The van der Waals surface area contributed by atoms with Gasteiger partial charge in [0.2, 0.25) is 0 Å². The third kappa shape index (κ3) is 4.82. The lowest BCUT2D eigenvalue weighted by Crippen LogP contribution is -2.23. The Morgan fingerprint density at radius 1 is 1.08 bits per heavy atom. The van der Waals surface area contributed by atoms with Crippen LogP contribution < -0.4 is 17.1 Å². The lowest BCUT2D eigenvalue weighted by atomic mass is 10.1. The summed E-state index contributed by atoms with van der Waals surface area (Å²) < 4.78 is 77.3. The Morgan fingerprint density at radius 3 is 2.12 bits per heavy atom. The quantitative estimate of drug-likeness (QED) is 0.249. The Hall–Kier alpha value is -2.34. The first kappa shape index (κ1) is 19.0. The summed E-state index contributed by atoms with van der Waals surface area (Å²) in [5.41, 5.74) is 4.71. The second-order valence-corrected chi connectivity index (χ2v) is 5.71. The molecule has 0 unspecified atom stereocenters. The smallest absolute Gasteiger partial charge is 0.385 e. The zero-order chi connectivity index (χ0) is 18.8. The van der Waals surface area contributed by atoms with Gasteiger partial charge < -0.3 is 5.73 Å². The predicted octanol–water partition coefficient (Wildman–Crippen LogP) is 3.13. The van der Waals surface area contributed by atoms with Gasteiger partial charge in [0.05, 0.1) is 23.2 Å². The highest BCUT2D eigenvalue weighted by atomic mass is 32.1. The van der Waals surface area contributed by atoms with Crippen LogP contribution in [-0.4, -0.2) is 10.8 Å². The first-order valence-electron chi connectivity index (χ1n) is 6.52. The molecule has 1 heterocycles. The van der Waals surface area contributed by atoms with Gasteiger partial charge in [-0.2, -0.15) is 31.4 Å². The lowest BCUT2D eigenvalue weighted by Gasteiger charge is -2.13. The van der Waals surface area contributed by atoms with Gasteiger partial charge in [-0.1, -0.05) is 0 Å². The Kier molecular flexibility index (Phi) is 5.23. The zero-order valence-electron chi connectivity index (χ0n) is 12.2. The molecule has 25 heavy (non-hydrogen) atoms. The summed E-state index contributed by atoms with van der Waals surface area (Å²) in [6.07, 6.45) is -9.80. The van der Waals surface area contributed by atoms with Gasteiger partial charge in [-0.05, 0) is 18.2 Å². The van der Waals surface area contributed by atoms with E-state index in [1.807, 2.05) is 5.53 Å². The monoisotopic (exact) mass is 383 g/mol. The minimum absolute atomic E-state index is 0.0000997. The van der Waals surface area contributed by atoms with E-state index >= 15 is 0 Å². The van der Waals surface area contributed by atoms with Gasteiger partial charge in [0.1, 0.15) is 10.8 Å². The van der Waals surface area contributed by atoms with Crippen LogP contribution in [0, 0.1) is 0 Å². The van der Waals surface area contributed by atoms with Crippen LogP contribution in [0.25, 0.3) is 10.6 Å². The number of aromatic nitrogens is 1. The number of amidine groups is 1. The lowest BCUT2D eigenvalue weighted by molar-refractivity contribution is -0.143. The summed E-state index contributed by atoms with van der Waals surface area (Å²) in [6.45, 7) is 0. The molecule has 12 heteroatoms. The van der Waals surface area contributed by atoms with Crippen molar-refractivity contribution in [2.24, 2.45) is 16.7 Å². The van der Waals surface area contributed by atoms with Crippen molar-refractivity contribution in [2.45, 2.75) is 18.8 Å². The van der Waals surface area contributed by atoms with E-state index in [-0.39, 0.29) is 28.9 Å². The number of nitrogens with zero attached hydrogens (tertiary/aromatic N) is 2. The van der Waals surface area contributed by atoms with E-state index in [9.17, 15) is 26.3 Å². The van der Waals surface area contributed by atoms with E-state index in [1.165, 1.54) is 5.38 Å². The number of halogens is 6. The molecule has 5 N–H and O–H groups in total. The summed E-state index contributed by atoms with van der Waals surface area (Å²) >= 11 is 0.893. The number of hydrogen-bond acceptors (Lipinski definition) is 5. The van der Waals surface area contributed by atoms with Crippen LogP contribution in [0.4, 0.5) is 26.3 Å². The standard InChI is InChI=1S/C13H11F6N5S/c14-12(15,16)7-1-6(2-8(3-7)13(17,18)19)11-22-9(5-25-11)4-10(20)23-24-21/h1-3,5,24H,4,21H2,(H2,20,23). The molecule has 1 aromatic heterocycles.